The number of nitrogens with zero attached hydrogens (tertiary/aromatic N) is 1. The van der Waals surface area contributed by atoms with E-state index in [4.69, 9.17) is 11.5 Å². The summed E-state index contributed by atoms with van der Waals surface area (Å²) in [6.45, 7) is 0.764. The molecule has 1 heterocycles. The summed E-state index contributed by atoms with van der Waals surface area (Å²) in [4.78, 5) is 11.3. The lowest BCUT2D eigenvalue weighted by molar-refractivity contribution is 0.1000. The fourth-order valence-corrected chi connectivity index (χ4v) is 4.22. The van der Waals surface area contributed by atoms with Crippen LogP contribution in [0.1, 0.15) is 29.6 Å². The van der Waals surface area contributed by atoms with E-state index in [0.717, 1.165) is 19.3 Å². The van der Waals surface area contributed by atoms with Crippen LogP contribution in [0.5, 0.6) is 0 Å². The van der Waals surface area contributed by atoms with Crippen LogP contribution in [0, 0.1) is 0 Å². The zero-order chi connectivity index (χ0) is 14.8. The number of primary amides is 1. The fraction of sp³-hybridized carbons (Fsp3) is 0.462. The largest absolute Gasteiger partial charge is 0.366 e. The summed E-state index contributed by atoms with van der Waals surface area (Å²) in [6, 6.07) is 5.64. The first-order valence-electron chi connectivity index (χ1n) is 6.58. The smallest absolute Gasteiger partial charge is 0.248 e. The van der Waals surface area contributed by atoms with E-state index >= 15 is 0 Å². The SMILES string of the molecule is Cl.NCC1CCCCN1S(=O)(=O)c1cccc(C(N)=O)c1. The summed E-state index contributed by atoms with van der Waals surface area (Å²) in [5.74, 6) is -0.643. The summed E-state index contributed by atoms with van der Waals surface area (Å²) >= 11 is 0. The Bertz CT molecular complexity index is 606. The second kappa shape index (κ2) is 7.22. The number of hydrogen-bond donors (Lipinski definition) is 2. The molecular weight excluding hydrogens is 314 g/mol. The third kappa shape index (κ3) is 3.74. The van der Waals surface area contributed by atoms with Gasteiger partial charge in [-0.15, -0.1) is 12.4 Å². The van der Waals surface area contributed by atoms with Crippen LogP contribution in [0.3, 0.4) is 0 Å². The van der Waals surface area contributed by atoms with E-state index < -0.39 is 15.9 Å². The van der Waals surface area contributed by atoms with Crippen molar-refractivity contribution in [1.82, 2.24) is 4.31 Å². The van der Waals surface area contributed by atoms with Gasteiger partial charge in [0.1, 0.15) is 0 Å². The molecule has 2 rings (SSSR count). The molecule has 1 aliphatic heterocycles. The molecular formula is C13H20ClN3O3S. The Morgan fingerprint density at radius 3 is 2.67 bits per heavy atom. The highest BCUT2D eigenvalue weighted by molar-refractivity contribution is 7.89. The van der Waals surface area contributed by atoms with Crippen molar-refractivity contribution in [2.45, 2.75) is 30.2 Å². The Kier molecular flexibility index (Phi) is 6.15. The van der Waals surface area contributed by atoms with Crippen molar-refractivity contribution in [3.05, 3.63) is 29.8 Å². The third-order valence-corrected chi connectivity index (χ3v) is 5.52. The number of nitrogens with two attached hydrogens (primary N) is 2. The average molecular weight is 334 g/mol. The van der Waals surface area contributed by atoms with Gasteiger partial charge in [0, 0.05) is 24.7 Å². The summed E-state index contributed by atoms with van der Waals surface area (Å²) < 4.78 is 26.7. The van der Waals surface area contributed by atoms with Crippen LogP contribution in [-0.2, 0) is 10.0 Å². The van der Waals surface area contributed by atoms with Crippen molar-refractivity contribution in [1.29, 1.82) is 0 Å². The number of piperidine rings is 1. The van der Waals surface area contributed by atoms with Crippen LogP contribution in [0.4, 0.5) is 0 Å². The van der Waals surface area contributed by atoms with Crippen molar-refractivity contribution >= 4 is 28.3 Å². The van der Waals surface area contributed by atoms with E-state index in [1.807, 2.05) is 0 Å². The van der Waals surface area contributed by atoms with E-state index in [-0.39, 0.29) is 28.9 Å². The lowest BCUT2D eigenvalue weighted by Crippen LogP contribution is -2.47. The second-order valence-corrected chi connectivity index (χ2v) is 6.78. The van der Waals surface area contributed by atoms with Gasteiger partial charge >= 0.3 is 0 Å². The number of carbonyl (C=O) groups is 1. The molecule has 1 unspecified atom stereocenters. The molecule has 1 saturated heterocycles. The highest BCUT2D eigenvalue weighted by Gasteiger charge is 2.32. The Morgan fingerprint density at radius 2 is 2.05 bits per heavy atom. The lowest BCUT2D eigenvalue weighted by Gasteiger charge is -2.33. The second-order valence-electron chi connectivity index (χ2n) is 4.89. The molecule has 6 nitrogen and oxygen atoms in total. The van der Waals surface area contributed by atoms with Gasteiger partial charge in [-0.2, -0.15) is 4.31 Å². The number of halogens is 1. The molecule has 1 amide bonds. The van der Waals surface area contributed by atoms with Gasteiger partial charge in [-0.25, -0.2) is 8.42 Å². The first kappa shape index (κ1) is 17.9. The molecule has 1 atom stereocenters. The maximum absolute atomic E-state index is 12.6. The average Bonchev–Trinajstić information content (AvgIpc) is 2.47. The quantitative estimate of drug-likeness (QED) is 0.846. The highest BCUT2D eigenvalue weighted by Crippen LogP contribution is 2.25. The minimum Gasteiger partial charge on any atom is -0.366 e. The minimum absolute atomic E-state index is 0. The zero-order valence-corrected chi connectivity index (χ0v) is 13.2. The van der Waals surface area contributed by atoms with Crippen molar-refractivity contribution in [3.63, 3.8) is 0 Å². The molecule has 0 spiro atoms. The van der Waals surface area contributed by atoms with Gasteiger partial charge in [-0.1, -0.05) is 12.5 Å². The van der Waals surface area contributed by atoms with Crippen LogP contribution < -0.4 is 11.5 Å². The summed E-state index contributed by atoms with van der Waals surface area (Å²) in [5.41, 5.74) is 11.0. The van der Waals surface area contributed by atoms with Crippen molar-refractivity contribution in [2.75, 3.05) is 13.1 Å². The van der Waals surface area contributed by atoms with Crippen molar-refractivity contribution in [2.24, 2.45) is 11.5 Å². The molecule has 1 aromatic carbocycles. The first-order valence-corrected chi connectivity index (χ1v) is 8.02. The molecule has 0 aliphatic carbocycles. The van der Waals surface area contributed by atoms with Crippen molar-refractivity contribution < 1.29 is 13.2 Å². The number of sulfonamides is 1. The van der Waals surface area contributed by atoms with Crippen LogP contribution in [0.2, 0.25) is 0 Å². The van der Waals surface area contributed by atoms with Gasteiger partial charge in [0.05, 0.1) is 4.90 Å². The molecule has 0 aromatic heterocycles. The molecule has 1 aromatic rings. The summed E-state index contributed by atoms with van der Waals surface area (Å²) in [7, 11) is -3.63. The van der Waals surface area contributed by atoms with Crippen LogP contribution >= 0.6 is 12.4 Å². The number of rotatable bonds is 4. The molecule has 118 valence electrons. The minimum atomic E-state index is -3.63. The fourth-order valence-electron chi connectivity index (χ4n) is 2.47. The lowest BCUT2D eigenvalue weighted by atomic mass is 10.1. The maximum Gasteiger partial charge on any atom is 0.248 e. The molecule has 4 N–H and O–H groups in total. The molecule has 8 heteroatoms. The number of benzene rings is 1. The Labute approximate surface area is 130 Å². The van der Waals surface area contributed by atoms with Crippen LogP contribution in [0.25, 0.3) is 0 Å². The van der Waals surface area contributed by atoms with E-state index in [1.54, 1.807) is 0 Å². The topological polar surface area (TPSA) is 106 Å². The summed E-state index contributed by atoms with van der Waals surface area (Å²) in [6.07, 6.45) is 2.58. The molecule has 1 aliphatic rings. The first-order chi connectivity index (χ1) is 9.46. The number of hydrogen-bond acceptors (Lipinski definition) is 4. The third-order valence-electron chi connectivity index (χ3n) is 3.57. The van der Waals surface area contributed by atoms with Gasteiger partial charge in [0.15, 0.2) is 0 Å². The normalized spacial score (nSPS) is 19.8. The maximum atomic E-state index is 12.6. The van der Waals surface area contributed by atoms with Gasteiger partial charge in [0.25, 0.3) is 0 Å². The highest BCUT2D eigenvalue weighted by atomic mass is 35.5. The predicted octanol–water partition coefficient (Wildman–Crippen LogP) is 0.709. The molecule has 0 saturated carbocycles. The monoisotopic (exact) mass is 333 g/mol. The standard InChI is InChI=1S/C13H19N3O3S.ClH/c14-9-11-5-1-2-7-16(11)20(18,19)12-6-3-4-10(8-12)13(15)17;/h3-4,6,8,11H,1-2,5,7,9,14H2,(H2,15,17);1H. The van der Waals surface area contributed by atoms with Gasteiger partial charge in [-0.3, -0.25) is 4.79 Å². The van der Waals surface area contributed by atoms with E-state index in [1.165, 1.54) is 28.6 Å². The molecule has 0 radical (unpaired) electrons. The van der Waals surface area contributed by atoms with Gasteiger partial charge < -0.3 is 11.5 Å². The Hall–Kier alpha value is -1.15. The van der Waals surface area contributed by atoms with E-state index in [9.17, 15) is 13.2 Å². The van der Waals surface area contributed by atoms with Crippen LogP contribution in [0.15, 0.2) is 29.2 Å². The molecule has 0 bridgehead atoms. The predicted molar refractivity (Wildman–Crippen MR) is 82.8 cm³/mol. The van der Waals surface area contributed by atoms with Gasteiger partial charge in [-0.05, 0) is 31.0 Å². The molecule has 1 fully saturated rings. The van der Waals surface area contributed by atoms with E-state index in [2.05, 4.69) is 0 Å². The Morgan fingerprint density at radius 1 is 1.33 bits per heavy atom. The van der Waals surface area contributed by atoms with Gasteiger partial charge in [0.2, 0.25) is 15.9 Å². The van der Waals surface area contributed by atoms with Crippen molar-refractivity contribution in [3.8, 4) is 0 Å². The number of carbonyl (C=O) groups excluding carboxylic acids is 1. The van der Waals surface area contributed by atoms with E-state index in [0.29, 0.717) is 13.1 Å². The zero-order valence-electron chi connectivity index (χ0n) is 11.6. The Balaban J connectivity index is 0.00000220. The molecule has 21 heavy (non-hydrogen) atoms. The number of amides is 1. The van der Waals surface area contributed by atoms with Crippen LogP contribution in [-0.4, -0.2) is 37.8 Å². The summed E-state index contributed by atoms with van der Waals surface area (Å²) in [5, 5.41) is 0.